The topological polar surface area (TPSA) is 83.5 Å². The minimum absolute atomic E-state index is 0.332. The number of hydrogen-bond acceptors (Lipinski definition) is 4. The van der Waals surface area contributed by atoms with Crippen LogP contribution in [0.2, 0.25) is 0 Å². The van der Waals surface area contributed by atoms with Crippen molar-refractivity contribution in [1.29, 1.82) is 0 Å². The van der Waals surface area contributed by atoms with Gasteiger partial charge in [-0.1, -0.05) is 91.0 Å². The summed E-state index contributed by atoms with van der Waals surface area (Å²) >= 11 is 1.54. The number of rotatable bonds is 12. The Kier molecular flexibility index (Phi) is 10.0. The van der Waals surface area contributed by atoms with E-state index in [-0.39, 0.29) is 0 Å². The highest BCUT2D eigenvalue weighted by Gasteiger charge is 2.27. The second-order valence-electron chi connectivity index (χ2n) is 9.87. The SMILES string of the molecule is CSCC[C@H](NC(=O)c1ccc(CP(=O)(Cc2ccccc2)c2ccccc2)cc1-c1ccccc1C)C(=O)O. The van der Waals surface area contributed by atoms with E-state index in [0.29, 0.717) is 35.6 Å². The molecule has 2 N–H and O–H groups in total. The second-order valence-corrected chi connectivity index (χ2v) is 13.8. The predicted octanol–water partition coefficient (Wildman–Crippen LogP) is 6.99. The number of aryl methyl sites for hydroxylation is 1. The van der Waals surface area contributed by atoms with Gasteiger partial charge in [-0.05, 0) is 65.3 Å². The molecule has 7 heteroatoms. The van der Waals surface area contributed by atoms with E-state index >= 15 is 0 Å². The van der Waals surface area contributed by atoms with E-state index < -0.39 is 25.1 Å². The third-order valence-electron chi connectivity index (χ3n) is 6.92. The first-order valence-electron chi connectivity index (χ1n) is 13.2. The molecule has 0 bridgehead atoms. The minimum Gasteiger partial charge on any atom is -0.480 e. The Morgan fingerprint density at radius 3 is 2.10 bits per heavy atom. The number of carboxylic acids is 1. The van der Waals surface area contributed by atoms with Crippen LogP contribution < -0.4 is 10.6 Å². The van der Waals surface area contributed by atoms with Crippen molar-refractivity contribution in [2.45, 2.75) is 31.7 Å². The molecule has 4 rings (SSSR count). The van der Waals surface area contributed by atoms with Crippen molar-refractivity contribution in [1.82, 2.24) is 5.32 Å². The lowest BCUT2D eigenvalue weighted by Gasteiger charge is -2.21. The van der Waals surface area contributed by atoms with E-state index in [1.165, 1.54) is 11.8 Å². The number of amides is 1. The number of hydrogen-bond donors (Lipinski definition) is 2. The smallest absolute Gasteiger partial charge is 0.326 e. The first kappa shape index (κ1) is 29.4. The fraction of sp³-hybridized carbons (Fsp3) is 0.212. The Morgan fingerprint density at radius 1 is 0.825 bits per heavy atom. The monoisotopic (exact) mass is 571 g/mol. The van der Waals surface area contributed by atoms with Gasteiger partial charge in [0.15, 0.2) is 0 Å². The van der Waals surface area contributed by atoms with Crippen LogP contribution in [0.1, 0.15) is 33.5 Å². The first-order valence-corrected chi connectivity index (χ1v) is 16.7. The number of aliphatic carboxylic acids is 1. The van der Waals surface area contributed by atoms with E-state index in [1.54, 1.807) is 6.07 Å². The summed E-state index contributed by atoms with van der Waals surface area (Å²) in [7, 11) is -2.91. The average Bonchev–Trinajstić information content (AvgIpc) is 2.96. The Hall–Kier alpha value is -3.60. The molecule has 0 aliphatic heterocycles. The molecule has 0 radical (unpaired) electrons. The van der Waals surface area contributed by atoms with Crippen LogP contribution in [0.15, 0.2) is 103 Å². The number of thioether (sulfide) groups is 1. The van der Waals surface area contributed by atoms with E-state index in [1.807, 2.05) is 110 Å². The molecule has 0 aliphatic rings. The highest BCUT2D eigenvalue weighted by molar-refractivity contribution is 7.98. The molecule has 0 heterocycles. The number of benzene rings is 4. The normalized spacial score (nSPS) is 13.2. The molecule has 1 unspecified atom stereocenters. The zero-order chi connectivity index (χ0) is 28.5. The highest BCUT2D eigenvalue weighted by atomic mass is 32.2. The summed E-state index contributed by atoms with van der Waals surface area (Å²) in [5.74, 6) is -0.869. The Bertz CT molecular complexity index is 1510. The maximum absolute atomic E-state index is 14.7. The first-order chi connectivity index (χ1) is 19.3. The molecule has 1 amide bonds. The van der Waals surface area contributed by atoms with Gasteiger partial charge in [0, 0.05) is 23.2 Å². The Labute approximate surface area is 240 Å². The average molecular weight is 572 g/mol. The van der Waals surface area contributed by atoms with Crippen LogP contribution in [0.4, 0.5) is 0 Å². The lowest BCUT2D eigenvalue weighted by atomic mass is 9.94. The highest BCUT2D eigenvalue weighted by Crippen LogP contribution is 2.51. The third kappa shape index (κ3) is 7.32. The lowest BCUT2D eigenvalue weighted by Crippen LogP contribution is -2.41. The van der Waals surface area contributed by atoms with Crippen LogP contribution in [-0.4, -0.2) is 35.0 Å². The Balaban J connectivity index is 1.75. The summed E-state index contributed by atoms with van der Waals surface area (Å²) in [4.78, 5) is 25.3. The third-order valence-corrected chi connectivity index (χ3v) is 10.6. The largest absolute Gasteiger partial charge is 0.480 e. The molecule has 0 fully saturated rings. The van der Waals surface area contributed by atoms with Crippen LogP contribution >= 0.6 is 18.9 Å². The van der Waals surface area contributed by atoms with Gasteiger partial charge in [-0.15, -0.1) is 0 Å². The van der Waals surface area contributed by atoms with Crippen LogP contribution in [0, 0.1) is 6.92 Å². The molecule has 0 spiro atoms. The van der Waals surface area contributed by atoms with Crippen molar-refractivity contribution in [3.05, 3.63) is 125 Å². The number of carboxylic acid groups (broad SMARTS) is 1. The van der Waals surface area contributed by atoms with Gasteiger partial charge in [-0.2, -0.15) is 11.8 Å². The zero-order valence-electron chi connectivity index (χ0n) is 22.7. The summed E-state index contributed by atoms with van der Waals surface area (Å²) < 4.78 is 14.7. The number of carbonyl (C=O) groups is 2. The number of nitrogens with one attached hydrogen (secondary N) is 1. The molecule has 0 saturated carbocycles. The van der Waals surface area contributed by atoms with E-state index in [0.717, 1.165) is 27.6 Å². The zero-order valence-corrected chi connectivity index (χ0v) is 24.5. The summed E-state index contributed by atoms with van der Waals surface area (Å²) in [5, 5.41) is 13.2. The van der Waals surface area contributed by atoms with Gasteiger partial charge in [0.05, 0.1) is 0 Å². The van der Waals surface area contributed by atoms with Gasteiger partial charge in [0.25, 0.3) is 5.91 Å². The van der Waals surface area contributed by atoms with Crippen molar-refractivity contribution in [2.24, 2.45) is 0 Å². The molecule has 4 aromatic carbocycles. The minimum atomic E-state index is -2.91. The van der Waals surface area contributed by atoms with Gasteiger partial charge in [-0.25, -0.2) is 4.79 Å². The second kappa shape index (κ2) is 13.6. The summed E-state index contributed by atoms with van der Waals surface area (Å²) in [5.41, 5.74) is 4.82. The van der Waals surface area contributed by atoms with E-state index in [2.05, 4.69) is 5.32 Å². The molecule has 0 saturated heterocycles. The molecule has 4 aromatic rings. The molecule has 5 nitrogen and oxygen atoms in total. The Morgan fingerprint density at radius 2 is 1.45 bits per heavy atom. The van der Waals surface area contributed by atoms with Crippen molar-refractivity contribution in [3.8, 4) is 11.1 Å². The van der Waals surface area contributed by atoms with Crippen molar-refractivity contribution in [2.75, 3.05) is 12.0 Å². The van der Waals surface area contributed by atoms with Crippen LogP contribution in [0.3, 0.4) is 0 Å². The van der Waals surface area contributed by atoms with Gasteiger partial charge in [0.1, 0.15) is 13.2 Å². The maximum atomic E-state index is 14.7. The van der Waals surface area contributed by atoms with Crippen LogP contribution in [0.5, 0.6) is 0 Å². The predicted molar refractivity (Wildman–Crippen MR) is 166 cm³/mol. The molecule has 0 aliphatic carbocycles. The fourth-order valence-electron chi connectivity index (χ4n) is 4.83. The van der Waals surface area contributed by atoms with Crippen LogP contribution in [-0.2, 0) is 21.7 Å². The molecule has 40 heavy (non-hydrogen) atoms. The van der Waals surface area contributed by atoms with Crippen molar-refractivity contribution < 1.29 is 19.3 Å². The van der Waals surface area contributed by atoms with Gasteiger partial charge in [-0.3, -0.25) is 4.79 Å². The van der Waals surface area contributed by atoms with Crippen LogP contribution in [0.25, 0.3) is 11.1 Å². The lowest BCUT2D eigenvalue weighted by molar-refractivity contribution is -0.139. The number of carbonyl (C=O) groups excluding carboxylic acids is 1. The molecular weight excluding hydrogens is 537 g/mol. The van der Waals surface area contributed by atoms with Gasteiger partial charge < -0.3 is 15.0 Å². The van der Waals surface area contributed by atoms with E-state index in [4.69, 9.17) is 0 Å². The summed E-state index contributed by atoms with van der Waals surface area (Å²) in [6, 6.07) is 31.8. The van der Waals surface area contributed by atoms with Gasteiger partial charge in [0.2, 0.25) is 0 Å². The summed E-state index contributed by atoms with van der Waals surface area (Å²) in [6.07, 6.45) is 3.00. The molecule has 2 atom stereocenters. The standard InChI is InChI=1S/C33H34NO4PS/c1-24-11-9-10-16-28(24)30-21-26(17-18-29(30)32(35)34-31(33(36)37)19-20-40-2)23-39(38,27-14-7-4-8-15-27)22-25-12-5-3-6-13-25/h3-18,21,31H,19-20,22-23H2,1-2H3,(H,34,35)(H,36,37)/t31-,39?/m0/s1. The summed E-state index contributed by atoms with van der Waals surface area (Å²) in [6.45, 7) is 1.98. The molecular formula is C33H34NO4PS. The maximum Gasteiger partial charge on any atom is 0.326 e. The molecule has 0 aromatic heterocycles. The molecule has 206 valence electrons. The quantitative estimate of drug-likeness (QED) is 0.179. The van der Waals surface area contributed by atoms with Crippen molar-refractivity contribution >= 4 is 36.1 Å². The van der Waals surface area contributed by atoms with E-state index in [9.17, 15) is 19.3 Å². The van der Waals surface area contributed by atoms with Crippen molar-refractivity contribution in [3.63, 3.8) is 0 Å². The van der Waals surface area contributed by atoms with Gasteiger partial charge >= 0.3 is 5.97 Å². The fourth-order valence-corrected chi connectivity index (χ4v) is 8.08.